The van der Waals surface area contributed by atoms with E-state index in [1.165, 1.54) is 12.7 Å². The Balaban J connectivity index is 3.10. The van der Waals surface area contributed by atoms with Crippen LogP contribution in [0.5, 0.6) is 17.2 Å². The second kappa shape index (κ2) is 5.45. The highest BCUT2D eigenvalue weighted by molar-refractivity contribution is 5.55. The number of hydrogen-bond donors (Lipinski definition) is 1. The Morgan fingerprint density at radius 1 is 1.25 bits per heavy atom. The van der Waals surface area contributed by atoms with Crippen molar-refractivity contribution in [2.24, 2.45) is 0 Å². The summed E-state index contributed by atoms with van der Waals surface area (Å²) in [5.74, 6) is 0.972. The Morgan fingerprint density at radius 3 is 2.44 bits per heavy atom. The van der Waals surface area contributed by atoms with Gasteiger partial charge in [0.25, 0.3) is 0 Å². The molecular weight excluding hydrogens is 204 g/mol. The summed E-state index contributed by atoms with van der Waals surface area (Å²) in [6.45, 7) is 4.08. The molecule has 0 bridgehead atoms. The highest BCUT2D eigenvalue weighted by atomic mass is 16.5. The van der Waals surface area contributed by atoms with Crippen molar-refractivity contribution in [3.05, 3.63) is 29.3 Å². The van der Waals surface area contributed by atoms with Crippen LogP contribution in [0.4, 0.5) is 0 Å². The number of rotatable bonds is 4. The normalized spacial score (nSPS) is 9.75. The average molecular weight is 222 g/mol. The van der Waals surface area contributed by atoms with Gasteiger partial charge in [0, 0.05) is 5.56 Å². The Labute approximate surface area is 96.3 Å². The number of ether oxygens (including phenoxy) is 2. The van der Waals surface area contributed by atoms with E-state index in [0.29, 0.717) is 11.5 Å². The molecule has 3 nitrogen and oxygen atoms in total. The lowest BCUT2D eigenvalue weighted by Gasteiger charge is -2.12. The number of allylic oxidation sites excluding steroid dienone is 2. The molecule has 0 fully saturated rings. The van der Waals surface area contributed by atoms with Crippen LogP contribution in [0.25, 0.3) is 0 Å². The maximum Gasteiger partial charge on any atom is 0.201 e. The van der Waals surface area contributed by atoms with Crippen LogP contribution in [0.1, 0.15) is 19.4 Å². The van der Waals surface area contributed by atoms with Crippen molar-refractivity contribution in [2.45, 2.75) is 20.3 Å². The predicted octanol–water partition coefficient (Wildman–Crippen LogP) is 2.92. The molecule has 0 aliphatic carbocycles. The molecule has 3 heteroatoms. The van der Waals surface area contributed by atoms with E-state index in [-0.39, 0.29) is 5.75 Å². The van der Waals surface area contributed by atoms with Gasteiger partial charge in [-0.15, -0.1) is 0 Å². The van der Waals surface area contributed by atoms with Gasteiger partial charge in [-0.25, -0.2) is 0 Å². The van der Waals surface area contributed by atoms with Crippen LogP contribution in [0, 0.1) is 0 Å². The lowest BCUT2D eigenvalue weighted by atomic mass is 10.1. The van der Waals surface area contributed by atoms with Crippen molar-refractivity contribution >= 4 is 0 Å². The second-order valence-corrected chi connectivity index (χ2v) is 3.79. The second-order valence-electron chi connectivity index (χ2n) is 3.79. The number of phenolic OH excluding ortho intramolecular Hbond substituents is 1. The van der Waals surface area contributed by atoms with Crippen molar-refractivity contribution < 1.29 is 14.6 Å². The van der Waals surface area contributed by atoms with Gasteiger partial charge in [0.1, 0.15) is 0 Å². The Bertz CT molecular complexity index is 390. The van der Waals surface area contributed by atoms with Crippen LogP contribution < -0.4 is 9.47 Å². The first-order valence-electron chi connectivity index (χ1n) is 5.16. The zero-order chi connectivity index (χ0) is 12.1. The van der Waals surface area contributed by atoms with E-state index in [1.807, 2.05) is 19.9 Å². The lowest BCUT2D eigenvalue weighted by molar-refractivity contribution is 0.338. The van der Waals surface area contributed by atoms with Crippen LogP contribution in [-0.4, -0.2) is 19.3 Å². The van der Waals surface area contributed by atoms with Crippen molar-refractivity contribution in [1.29, 1.82) is 0 Å². The molecule has 0 amide bonds. The standard InChI is InChI=1S/C13H18O3/c1-9(2)5-6-10-7-8-11(15-3)12(14)13(10)16-4/h5,7-8,14H,6H2,1-4H3. The first-order valence-corrected chi connectivity index (χ1v) is 5.16. The summed E-state index contributed by atoms with van der Waals surface area (Å²) in [5, 5.41) is 9.86. The van der Waals surface area contributed by atoms with E-state index in [4.69, 9.17) is 9.47 Å². The zero-order valence-electron chi connectivity index (χ0n) is 10.2. The third-order valence-corrected chi connectivity index (χ3v) is 2.33. The Kier molecular flexibility index (Phi) is 4.23. The molecule has 0 heterocycles. The van der Waals surface area contributed by atoms with Gasteiger partial charge in [0.2, 0.25) is 5.75 Å². The van der Waals surface area contributed by atoms with Crippen molar-refractivity contribution in [3.63, 3.8) is 0 Å². The predicted molar refractivity (Wildman–Crippen MR) is 64.3 cm³/mol. The molecule has 1 aromatic carbocycles. The fraction of sp³-hybridized carbons (Fsp3) is 0.385. The topological polar surface area (TPSA) is 38.7 Å². The third-order valence-electron chi connectivity index (χ3n) is 2.33. The number of benzene rings is 1. The highest BCUT2D eigenvalue weighted by Gasteiger charge is 2.12. The summed E-state index contributed by atoms with van der Waals surface area (Å²) in [5.41, 5.74) is 2.18. The summed E-state index contributed by atoms with van der Waals surface area (Å²) in [7, 11) is 3.06. The molecule has 1 aromatic rings. The number of phenols is 1. The summed E-state index contributed by atoms with van der Waals surface area (Å²) >= 11 is 0. The number of aromatic hydroxyl groups is 1. The van der Waals surface area contributed by atoms with Gasteiger partial charge in [0.05, 0.1) is 14.2 Å². The minimum absolute atomic E-state index is 0.0599. The Hall–Kier alpha value is -1.64. The van der Waals surface area contributed by atoms with Gasteiger partial charge >= 0.3 is 0 Å². The van der Waals surface area contributed by atoms with Gasteiger partial charge < -0.3 is 14.6 Å². The lowest BCUT2D eigenvalue weighted by Crippen LogP contribution is -1.94. The molecule has 0 saturated carbocycles. The Morgan fingerprint density at radius 2 is 1.94 bits per heavy atom. The minimum Gasteiger partial charge on any atom is -0.502 e. The smallest absolute Gasteiger partial charge is 0.201 e. The molecule has 0 aromatic heterocycles. The third kappa shape index (κ3) is 2.69. The van der Waals surface area contributed by atoms with Gasteiger partial charge in [-0.05, 0) is 26.3 Å². The molecular formula is C13H18O3. The van der Waals surface area contributed by atoms with Crippen LogP contribution in [0.3, 0.4) is 0 Å². The van der Waals surface area contributed by atoms with Crippen LogP contribution in [0.15, 0.2) is 23.8 Å². The van der Waals surface area contributed by atoms with E-state index in [0.717, 1.165) is 12.0 Å². The molecule has 0 atom stereocenters. The summed E-state index contributed by atoms with van der Waals surface area (Å²) < 4.78 is 10.2. The molecule has 0 aliphatic rings. The monoisotopic (exact) mass is 222 g/mol. The first-order chi connectivity index (χ1) is 7.60. The van der Waals surface area contributed by atoms with Crippen LogP contribution >= 0.6 is 0 Å². The van der Waals surface area contributed by atoms with E-state index >= 15 is 0 Å². The quantitative estimate of drug-likeness (QED) is 0.796. The van der Waals surface area contributed by atoms with E-state index in [9.17, 15) is 5.11 Å². The van der Waals surface area contributed by atoms with Gasteiger partial charge in [-0.2, -0.15) is 0 Å². The van der Waals surface area contributed by atoms with E-state index < -0.39 is 0 Å². The molecule has 0 aliphatic heterocycles. The number of methoxy groups -OCH3 is 2. The largest absolute Gasteiger partial charge is 0.502 e. The van der Waals surface area contributed by atoms with Crippen molar-refractivity contribution in [1.82, 2.24) is 0 Å². The van der Waals surface area contributed by atoms with Gasteiger partial charge in [-0.3, -0.25) is 0 Å². The SMILES string of the molecule is COc1ccc(CC=C(C)C)c(OC)c1O. The zero-order valence-corrected chi connectivity index (χ0v) is 10.2. The molecule has 1 rings (SSSR count). The molecule has 0 unspecified atom stereocenters. The number of hydrogen-bond acceptors (Lipinski definition) is 3. The maximum absolute atomic E-state index is 9.86. The molecule has 0 spiro atoms. The van der Waals surface area contributed by atoms with Gasteiger partial charge in [-0.1, -0.05) is 17.7 Å². The fourth-order valence-corrected chi connectivity index (χ4v) is 1.46. The molecule has 88 valence electrons. The molecule has 0 saturated heterocycles. The first kappa shape index (κ1) is 12.4. The minimum atomic E-state index is 0.0599. The average Bonchev–Trinajstić information content (AvgIpc) is 2.26. The highest BCUT2D eigenvalue weighted by Crippen LogP contribution is 2.38. The molecule has 16 heavy (non-hydrogen) atoms. The summed E-state index contributed by atoms with van der Waals surface area (Å²) in [6, 6.07) is 3.64. The fourth-order valence-electron chi connectivity index (χ4n) is 1.46. The van der Waals surface area contributed by atoms with E-state index in [2.05, 4.69) is 6.08 Å². The van der Waals surface area contributed by atoms with Crippen LogP contribution in [0.2, 0.25) is 0 Å². The summed E-state index contributed by atoms with van der Waals surface area (Å²) in [6.07, 6.45) is 2.83. The van der Waals surface area contributed by atoms with Gasteiger partial charge in [0.15, 0.2) is 11.5 Å². The molecule has 1 N–H and O–H groups in total. The maximum atomic E-state index is 9.86. The van der Waals surface area contributed by atoms with Crippen molar-refractivity contribution in [2.75, 3.05) is 14.2 Å². The summed E-state index contributed by atoms with van der Waals surface area (Å²) in [4.78, 5) is 0. The molecule has 0 radical (unpaired) electrons. The van der Waals surface area contributed by atoms with Crippen molar-refractivity contribution in [3.8, 4) is 17.2 Å². The van der Waals surface area contributed by atoms with Crippen LogP contribution in [-0.2, 0) is 6.42 Å². The van der Waals surface area contributed by atoms with E-state index in [1.54, 1.807) is 13.2 Å².